The fourth-order valence-electron chi connectivity index (χ4n) is 1.34. The zero-order valence-electron chi connectivity index (χ0n) is 8.65. The summed E-state index contributed by atoms with van der Waals surface area (Å²) in [7, 11) is 1.50. The summed E-state index contributed by atoms with van der Waals surface area (Å²) in [5.74, 6) is -0.506. The number of carboxylic acids is 1. The standard InChI is InChI=1S/C11H13NO3/c1-3-4-7-5-8(11(13)14)6-9(12)10(7)15-2/h3-6H,12H2,1-2H3,(H,13,14). The lowest BCUT2D eigenvalue weighted by molar-refractivity contribution is 0.0697. The summed E-state index contributed by atoms with van der Waals surface area (Å²) < 4.78 is 5.09. The normalized spacial score (nSPS) is 10.5. The van der Waals surface area contributed by atoms with E-state index in [1.165, 1.54) is 19.2 Å². The number of nitrogens with two attached hydrogens (primary N) is 1. The minimum absolute atomic E-state index is 0.154. The quantitative estimate of drug-likeness (QED) is 0.743. The number of hydrogen-bond donors (Lipinski definition) is 2. The summed E-state index contributed by atoms with van der Waals surface area (Å²) in [4.78, 5) is 10.8. The molecule has 0 radical (unpaired) electrons. The van der Waals surface area contributed by atoms with Crippen LogP contribution in [0.4, 0.5) is 5.69 Å². The number of anilines is 1. The molecule has 0 heterocycles. The number of nitrogen functional groups attached to an aromatic ring is 1. The molecule has 1 aromatic carbocycles. The largest absolute Gasteiger partial charge is 0.494 e. The summed E-state index contributed by atoms with van der Waals surface area (Å²) in [5.41, 5.74) is 6.82. The van der Waals surface area contributed by atoms with Crippen molar-refractivity contribution < 1.29 is 14.6 Å². The Morgan fingerprint density at radius 2 is 2.20 bits per heavy atom. The molecule has 0 atom stereocenters. The minimum Gasteiger partial charge on any atom is -0.494 e. The fraction of sp³-hybridized carbons (Fsp3) is 0.182. The highest BCUT2D eigenvalue weighted by molar-refractivity contribution is 5.91. The predicted molar refractivity (Wildman–Crippen MR) is 59.1 cm³/mol. The van der Waals surface area contributed by atoms with Crippen LogP contribution in [0.25, 0.3) is 6.08 Å². The Labute approximate surface area is 88.0 Å². The highest BCUT2D eigenvalue weighted by Gasteiger charge is 2.11. The van der Waals surface area contributed by atoms with Crippen molar-refractivity contribution in [3.05, 3.63) is 29.3 Å². The lowest BCUT2D eigenvalue weighted by atomic mass is 10.1. The maximum absolute atomic E-state index is 10.8. The molecule has 3 N–H and O–H groups in total. The average molecular weight is 207 g/mol. The molecule has 80 valence electrons. The van der Waals surface area contributed by atoms with Gasteiger partial charge in [0.1, 0.15) is 5.75 Å². The van der Waals surface area contributed by atoms with Crippen molar-refractivity contribution in [3.8, 4) is 5.75 Å². The van der Waals surface area contributed by atoms with Gasteiger partial charge in [0, 0.05) is 5.56 Å². The van der Waals surface area contributed by atoms with Gasteiger partial charge in [-0.2, -0.15) is 0 Å². The first-order valence-electron chi connectivity index (χ1n) is 4.43. The number of aromatic carboxylic acids is 1. The number of methoxy groups -OCH3 is 1. The first kappa shape index (κ1) is 11.1. The molecule has 4 heteroatoms. The first-order chi connectivity index (χ1) is 7.10. The summed E-state index contributed by atoms with van der Waals surface area (Å²) in [6.45, 7) is 1.84. The van der Waals surface area contributed by atoms with E-state index in [4.69, 9.17) is 15.6 Å². The van der Waals surface area contributed by atoms with Gasteiger partial charge in [0.05, 0.1) is 18.4 Å². The molecule has 0 aliphatic carbocycles. The topological polar surface area (TPSA) is 72.5 Å². The van der Waals surface area contributed by atoms with Crippen LogP contribution < -0.4 is 10.5 Å². The summed E-state index contributed by atoms with van der Waals surface area (Å²) in [6.07, 6.45) is 3.55. The zero-order valence-corrected chi connectivity index (χ0v) is 8.65. The summed E-state index contributed by atoms with van der Waals surface area (Å²) >= 11 is 0. The number of allylic oxidation sites excluding steroid dienone is 1. The van der Waals surface area contributed by atoms with Gasteiger partial charge in [-0.15, -0.1) is 0 Å². The SMILES string of the molecule is CC=Cc1cc(C(=O)O)cc(N)c1OC. The van der Waals surface area contributed by atoms with Gasteiger partial charge in [-0.3, -0.25) is 0 Å². The predicted octanol–water partition coefficient (Wildman–Crippen LogP) is 2.01. The van der Waals surface area contributed by atoms with Crippen LogP contribution in [0.1, 0.15) is 22.8 Å². The Hall–Kier alpha value is -1.97. The molecule has 0 aliphatic heterocycles. The maximum atomic E-state index is 10.8. The van der Waals surface area contributed by atoms with Crippen LogP contribution in [0.3, 0.4) is 0 Å². The Kier molecular flexibility index (Phi) is 3.33. The fourth-order valence-corrected chi connectivity index (χ4v) is 1.34. The molecule has 0 saturated carbocycles. The van der Waals surface area contributed by atoms with E-state index < -0.39 is 5.97 Å². The number of carbonyl (C=O) groups is 1. The van der Waals surface area contributed by atoms with E-state index in [1.807, 2.05) is 6.92 Å². The lowest BCUT2D eigenvalue weighted by Gasteiger charge is -2.09. The smallest absolute Gasteiger partial charge is 0.335 e. The molecule has 1 aromatic rings. The van der Waals surface area contributed by atoms with Crippen molar-refractivity contribution >= 4 is 17.7 Å². The van der Waals surface area contributed by atoms with Crippen LogP contribution in [0, 0.1) is 0 Å². The van der Waals surface area contributed by atoms with E-state index in [0.29, 0.717) is 17.0 Å². The number of rotatable bonds is 3. The van der Waals surface area contributed by atoms with Crippen molar-refractivity contribution in [2.75, 3.05) is 12.8 Å². The van der Waals surface area contributed by atoms with Crippen LogP contribution in [-0.4, -0.2) is 18.2 Å². The molecule has 0 aromatic heterocycles. The van der Waals surface area contributed by atoms with Gasteiger partial charge < -0.3 is 15.6 Å². The molecule has 1 rings (SSSR count). The van der Waals surface area contributed by atoms with E-state index >= 15 is 0 Å². The Balaban J connectivity index is 3.38. The molecule has 0 fully saturated rings. The maximum Gasteiger partial charge on any atom is 0.335 e. The van der Waals surface area contributed by atoms with Gasteiger partial charge in [0.15, 0.2) is 0 Å². The van der Waals surface area contributed by atoms with Crippen LogP contribution >= 0.6 is 0 Å². The van der Waals surface area contributed by atoms with E-state index in [2.05, 4.69) is 0 Å². The number of ether oxygens (including phenoxy) is 1. The third kappa shape index (κ3) is 2.28. The van der Waals surface area contributed by atoms with Gasteiger partial charge in [-0.25, -0.2) is 4.79 Å². The molecule has 0 unspecified atom stereocenters. The van der Waals surface area contributed by atoms with Gasteiger partial charge in [-0.05, 0) is 19.1 Å². The van der Waals surface area contributed by atoms with Crippen LogP contribution in [0.5, 0.6) is 5.75 Å². The average Bonchev–Trinajstić information content (AvgIpc) is 2.17. The van der Waals surface area contributed by atoms with Crippen LogP contribution in [-0.2, 0) is 0 Å². The van der Waals surface area contributed by atoms with Crippen molar-refractivity contribution in [1.29, 1.82) is 0 Å². The van der Waals surface area contributed by atoms with Gasteiger partial charge in [-0.1, -0.05) is 12.2 Å². The monoisotopic (exact) mass is 207 g/mol. The lowest BCUT2D eigenvalue weighted by Crippen LogP contribution is -2.01. The molecule has 0 spiro atoms. The van der Waals surface area contributed by atoms with Gasteiger partial charge >= 0.3 is 5.97 Å². The summed E-state index contributed by atoms with van der Waals surface area (Å²) in [6, 6.07) is 2.91. The van der Waals surface area contributed by atoms with Gasteiger partial charge in [0.2, 0.25) is 0 Å². The number of benzene rings is 1. The minimum atomic E-state index is -1.00. The van der Waals surface area contributed by atoms with Crippen molar-refractivity contribution in [3.63, 3.8) is 0 Å². The highest BCUT2D eigenvalue weighted by atomic mass is 16.5. The second-order valence-corrected chi connectivity index (χ2v) is 2.99. The number of hydrogen-bond acceptors (Lipinski definition) is 3. The highest BCUT2D eigenvalue weighted by Crippen LogP contribution is 2.29. The summed E-state index contributed by atoms with van der Waals surface area (Å²) in [5, 5.41) is 8.85. The molecule has 0 amide bonds. The molecule has 0 bridgehead atoms. The van der Waals surface area contributed by atoms with E-state index in [9.17, 15) is 4.79 Å². The van der Waals surface area contributed by atoms with E-state index in [-0.39, 0.29) is 5.56 Å². The third-order valence-electron chi connectivity index (χ3n) is 1.94. The van der Waals surface area contributed by atoms with Crippen molar-refractivity contribution in [2.45, 2.75) is 6.92 Å². The molecule has 0 saturated heterocycles. The molecule has 4 nitrogen and oxygen atoms in total. The van der Waals surface area contributed by atoms with Gasteiger partial charge in [0.25, 0.3) is 0 Å². The second-order valence-electron chi connectivity index (χ2n) is 2.99. The Bertz CT molecular complexity index is 411. The molecule has 0 aliphatic rings. The first-order valence-corrected chi connectivity index (χ1v) is 4.43. The van der Waals surface area contributed by atoms with E-state index in [1.54, 1.807) is 12.2 Å². The van der Waals surface area contributed by atoms with Crippen molar-refractivity contribution in [1.82, 2.24) is 0 Å². The zero-order chi connectivity index (χ0) is 11.4. The third-order valence-corrected chi connectivity index (χ3v) is 1.94. The molecular weight excluding hydrogens is 194 g/mol. The second kappa shape index (κ2) is 4.50. The van der Waals surface area contributed by atoms with Crippen molar-refractivity contribution in [2.24, 2.45) is 0 Å². The molecule has 15 heavy (non-hydrogen) atoms. The Morgan fingerprint density at radius 1 is 1.53 bits per heavy atom. The molecular formula is C11H13NO3. The number of carboxylic acid groups (broad SMARTS) is 1. The van der Waals surface area contributed by atoms with E-state index in [0.717, 1.165) is 0 Å². The van der Waals surface area contributed by atoms with Crippen LogP contribution in [0.2, 0.25) is 0 Å². The van der Waals surface area contributed by atoms with Crippen LogP contribution in [0.15, 0.2) is 18.2 Å². The Morgan fingerprint density at radius 3 is 2.67 bits per heavy atom.